The van der Waals surface area contributed by atoms with E-state index >= 15 is 0 Å². The zero-order chi connectivity index (χ0) is 18.0. The molecule has 6 nitrogen and oxygen atoms in total. The molecule has 1 heterocycles. The van der Waals surface area contributed by atoms with Crippen LogP contribution in [-0.2, 0) is 14.3 Å². The second-order valence-corrected chi connectivity index (χ2v) is 5.38. The Kier molecular flexibility index (Phi) is 4.47. The van der Waals surface area contributed by atoms with Crippen molar-refractivity contribution in [3.8, 4) is 5.75 Å². The summed E-state index contributed by atoms with van der Waals surface area (Å²) < 4.78 is 24.1. The molecule has 1 aliphatic rings. The van der Waals surface area contributed by atoms with Gasteiger partial charge in [0.25, 0.3) is 0 Å². The van der Waals surface area contributed by atoms with Crippen LogP contribution in [0.15, 0.2) is 53.6 Å². The molecule has 0 unspecified atom stereocenters. The number of nitrogens with zero attached hydrogens (tertiary/aromatic N) is 2. The molecule has 2 aromatic carbocycles. The van der Waals surface area contributed by atoms with E-state index in [4.69, 9.17) is 9.47 Å². The molecule has 1 atom stereocenters. The van der Waals surface area contributed by atoms with Crippen LogP contribution < -0.4 is 4.74 Å². The second-order valence-electron chi connectivity index (χ2n) is 5.38. The van der Waals surface area contributed by atoms with E-state index < -0.39 is 12.2 Å². The smallest absolute Gasteiger partial charge is 0.308 e. The number of carbonyl (C=O) groups excluding carboxylic acids is 2. The summed E-state index contributed by atoms with van der Waals surface area (Å²) in [5.41, 5.74) is 1.01. The van der Waals surface area contributed by atoms with Gasteiger partial charge in [-0.1, -0.05) is 12.1 Å². The lowest BCUT2D eigenvalue weighted by Gasteiger charge is -2.21. The van der Waals surface area contributed by atoms with Crippen molar-refractivity contribution in [1.82, 2.24) is 5.01 Å². The summed E-state index contributed by atoms with van der Waals surface area (Å²) in [6.45, 7) is 2.64. The summed E-state index contributed by atoms with van der Waals surface area (Å²) in [4.78, 5) is 23.3. The lowest BCUT2D eigenvalue weighted by atomic mass is 10.1. The van der Waals surface area contributed by atoms with Gasteiger partial charge in [-0.2, -0.15) is 5.01 Å². The highest BCUT2D eigenvalue weighted by atomic mass is 19.1. The number of rotatable bonds is 3. The Balaban J connectivity index is 1.97. The van der Waals surface area contributed by atoms with E-state index in [0.717, 1.165) is 5.01 Å². The van der Waals surface area contributed by atoms with Crippen LogP contribution in [0.4, 0.5) is 4.39 Å². The number of carbonyl (C=O) groups is 2. The van der Waals surface area contributed by atoms with Gasteiger partial charge in [-0.05, 0) is 36.4 Å². The highest BCUT2D eigenvalue weighted by Gasteiger charge is 2.35. The summed E-state index contributed by atoms with van der Waals surface area (Å²) in [7, 11) is 0. The van der Waals surface area contributed by atoms with Gasteiger partial charge in [-0.3, -0.25) is 9.59 Å². The molecule has 25 heavy (non-hydrogen) atoms. The van der Waals surface area contributed by atoms with Crippen molar-refractivity contribution in [3.63, 3.8) is 0 Å². The standard InChI is InChI=1S/C18H15FN2O4/c1-11(22)21-18(15-5-3-4-6-16(15)24-12(2)23)25-17(20-21)13-7-9-14(19)10-8-13/h3-10,18H,1-2H3/t18-/m0/s1. The highest BCUT2D eigenvalue weighted by molar-refractivity contribution is 5.96. The van der Waals surface area contributed by atoms with E-state index in [2.05, 4.69) is 5.10 Å². The molecular weight excluding hydrogens is 327 g/mol. The summed E-state index contributed by atoms with van der Waals surface area (Å²) in [6.07, 6.45) is -0.881. The zero-order valence-corrected chi connectivity index (χ0v) is 13.6. The fourth-order valence-electron chi connectivity index (χ4n) is 2.41. The molecule has 128 valence electrons. The topological polar surface area (TPSA) is 68.2 Å². The summed E-state index contributed by atoms with van der Waals surface area (Å²) in [6, 6.07) is 12.3. The van der Waals surface area contributed by atoms with Crippen molar-refractivity contribution < 1.29 is 23.5 Å². The Labute approximate surface area is 143 Å². The average Bonchev–Trinajstić information content (AvgIpc) is 3.01. The van der Waals surface area contributed by atoms with E-state index in [1.807, 2.05) is 0 Å². The first-order valence-electron chi connectivity index (χ1n) is 7.54. The number of benzene rings is 2. The van der Waals surface area contributed by atoms with Gasteiger partial charge >= 0.3 is 5.97 Å². The highest BCUT2D eigenvalue weighted by Crippen LogP contribution is 2.35. The largest absolute Gasteiger partial charge is 0.446 e. The third kappa shape index (κ3) is 3.50. The molecule has 0 saturated heterocycles. The van der Waals surface area contributed by atoms with Crippen molar-refractivity contribution in [3.05, 3.63) is 65.5 Å². The number of para-hydroxylation sites is 1. The minimum atomic E-state index is -0.881. The molecule has 3 rings (SSSR count). The zero-order valence-electron chi connectivity index (χ0n) is 13.6. The quantitative estimate of drug-likeness (QED) is 0.635. The predicted octanol–water partition coefficient (Wildman–Crippen LogP) is 2.99. The molecule has 0 saturated carbocycles. The molecule has 1 aliphatic heterocycles. The van der Waals surface area contributed by atoms with Gasteiger partial charge in [0.05, 0.1) is 5.56 Å². The lowest BCUT2D eigenvalue weighted by Crippen LogP contribution is -2.26. The number of halogens is 1. The van der Waals surface area contributed by atoms with Crippen molar-refractivity contribution in [1.29, 1.82) is 0 Å². The Hall–Kier alpha value is -3.22. The molecule has 0 spiro atoms. The summed E-state index contributed by atoms with van der Waals surface area (Å²) in [5, 5.41) is 5.33. The van der Waals surface area contributed by atoms with Crippen LogP contribution in [0.2, 0.25) is 0 Å². The van der Waals surface area contributed by atoms with Crippen LogP contribution in [0.3, 0.4) is 0 Å². The maximum atomic E-state index is 13.1. The van der Waals surface area contributed by atoms with Gasteiger partial charge in [-0.25, -0.2) is 4.39 Å². The number of esters is 1. The number of amides is 1. The van der Waals surface area contributed by atoms with E-state index in [1.165, 1.54) is 38.1 Å². The fourth-order valence-corrected chi connectivity index (χ4v) is 2.41. The van der Waals surface area contributed by atoms with Crippen LogP contribution in [0.5, 0.6) is 5.75 Å². The Morgan fingerprint density at radius 1 is 1.12 bits per heavy atom. The van der Waals surface area contributed by atoms with Crippen LogP contribution in [0.1, 0.15) is 31.2 Å². The van der Waals surface area contributed by atoms with E-state index in [0.29, 0.717) is 11.1 Å². The molecule has 7 heteroatoms. The van der Waals surface area contributed by atoms with Gasteiger partial charge in [-0.15, -0.1) is 5.10 Å². The molecule has 0 aromatic heterocycles. The first kappa shape index (κ1) is 16.6. The van der Waals surface area contributed by atoms with Crippen LogP contribution in [-0.4, -0.2) is 22.8 Å². The Morgan fingerprint density at radius 3 is 2.44 bits per heavy atom. The van der Waals surface area contributed by atoms with Crippen LogP contribution in [0.25, 0.3) is 0 Å². The average molecular weight is 342 g/mol. The molecule has 0 fully saturated rings. The fraction of sp³-hybridized carbons (Fsp3) is 0.167. The van der Waals surface area contributed by atoms with Crippen molar-refractivity contribution in [2.45, 2.75) is 20.1 Å². The van der Waals surface area contributed by atoms with E-state index in [1.54, 1.807) is 24.3 Å². The number of hydrazone groups is 1. The van der Waals surface area contributed by atoms with Crippen molar-refractivity contribution in [2.24, 2.45) is 5.10 Å². The second kappa shape index (κ2) is 6.72. The maximum absolute atomic E-state index is 13.1. The summed E-state index contributed by atoms with van der Waals surface area (Å²) in [5.74, 6) is -0.763. The number of ether oxygens (including phenoxy) is 2. The SMILES string of the molecule is CC(=O)Oc1ccccc1[C@@H]1OC(c2ccc(F)cc2)=NN1C(C)=O. The molecule has 0 N–H and O–H groups in total. The Morgan fingerprint density at radius 2 is 1.80 bits per heavy atom. The molecule has 2 aromatic rings. The lowest BCUT2D eigenvalue weighted by molar-refractivity contribution is -0.135. The van der Waals surface area contributed by atoms with Crippen molar-refractivity contribution in [2.75, 3.05) is 0 Å². The number of hydrogen-bond acceptors (Lipinski definition) is 5. The third-order valence-corrected chi connectivity index (χ3v) is 3.50. The molecule has 1 amide bonds. The predicted molar refractivity (Wildman–Crippen MR) is 87.0 cm³/mol. The maximum Gasteiger partial charge on any atom is 0.308 e. The molecule has 0 bridgehead atoms. The van der Waals surface area contributed by atoms with Gasteiger partial charge in [0.15, 0.2) is 0 Å². The first-order chi connectivity index (χ1) is 12.0. The van der Waals surface area contributed by atoms with Gasteiger partial charge in [0.2, 0.25) is 18.0 Å². The van der Waals surface area contributed by atoms with Gasteiger partial charge in [0.1, 0.15) is 11.6 Å². The number of hydrogen-bond donors (Lipinski definition) is 0. The minimum Gasteiger partial charge on any atom is -0.446 e. The van der Waals surface area contributed by atoms with Crippen LogP contribution in [0, 0.1) is 5.82 Å². The van der Waals surface area contributed by atoms with Gasteiger partial charge in [0, 0.05) is 19.4 Å². The Bertz CT molecular complexity index is 848. The minimum absolute atomic E-state index is 0.179. The van der Waals surface area contributed by atoms with E-state index in [9.17, 15) is 14.0 Å². The monoisotopic (exact) mass is 342 g/mol. The van der Waals surface area contributed by atoms with E-state index in [-0.39, 0.29) is 23.4 Å². The molecule has 0 aliphatic carbocycles. The van der Waals surface area contributed by atoms with Crippen LogP contribution >= 0.6 is 0 Å². The molecule has 0 radical (unpaired) electrons. The normalized spacial score (nSPS) is 16.2. The summed E-state index contributed by atoms with van der Waals surface area (Å²) >= 11 is 0. The first-order valence-corrected chi connectivity index (χ1v) is 7.54. The van der Waals surface area contributed by atoms with Crippen molar-refractivity contribution >= 4 is 17.8 Å². The third-order valence-electron chi connectivity index (χ3n) is 3.50. The molecular formula is C18H15FN2O4. The van der Waals surface area contributed by atoms with Gasteiger partial charge < -0.3 is 9.47 Å².